The van der Waals surface area contributed by atoms with E-state index in [1.807, 2.05) is 0 Å². The Morgan fingerprint density at radius 3 is 2.70 bits per heavy atom. The second kappa shape index (κ2) is 8.47. The van der Waals surface area contributed by atoms with Crippen molar-refractivity contribution in [2.24, 2.45) is 7.05 Å². The normalized spacial score (nSPS) is 10.5. The van der Waals surface area contributed by atoms with Crippen molar-refractivity contribution in [1.29, 1.82) is 0 Å². The summed E-state index contributed by atoms with van der Waals surface area (Å²) in [5.41, 5.74) is -0.783. The van der Waals surface area contributed by atoms with Crippen LogP contribution in [0.1, 0.15) is 27.8 Å². The molecule has 0 spiro atoms. The minimum atomic E-state index is -0.856. The highest BCUT2D eigenvalue weighted by Gasteiger charge is 2.23. The number of para-hydroxylation sites is 2. The number of nitrogens with zero attached hydrogens (tertiary/aromatic N) is 4. The molecule has 2 N–H and O–H groups in total. The van der Waals surface area contributed by atoms with E-state index < -0.39 is 28.9 Å². The van der Waals surface area contributed by atoms with E-state index in [9.17, 15) is 19.5 Å². The fourth-order valence-corrected chi connectivity index (χ4v) is 2.70. The van der Waals surface area contributed by atoms with Crippen molar-refractivity contribution in [2.45, 2.75) is 6.92 Å². The van der Waals surface area contributed by atoms with Gasteiger partial charge in [0.15, 0.2) is 11.4 Å². The van der Waals surface area contributed by atoms with E-state index in [1.54, 1.807) is 31.2 Å². The van der Waals surface area contributed by atoms with E-state index >= 15 is 0 Å². The number of rotatable bonds is 6. The van der Waals surface area contributed by atoms with E-state index in [0.29, 0.717) is 5.75 Å². The third-order valence-corrected chi connectivity index (χ3v) is 4.11. The molecule has 0 atom stereocenters. The Morgan fingerprint density at radius 2 is 2.00 bits per heavy atom. The van der Waals surface area contributed by atoms with E-state index in [0.717, 1.165) is 10.7 Å². The molecule has 11 heteroatoms. The van der Waals surface area contributed by atoms with Gasteiger partial charge in [0.1, 0.15) is 22.8 Å². The highest BCUT2D eigenvalue weighted by Crippen LogP contribution is 2.22. The van der Waals surface area contributed by atoms with Crippen LogP contribution in [0.25, 0.3) is 5.69 Å². The Morgan fingerprint density at radius 1 is 1.27 bits per heavy atom. The van der Waals surface area contributed by atoms with Crippen molar-refractivity contribution < 1.29 is 24.2 Å². The Kier molecular flexibility index (Phi) is 5.81. The zero-order valence-corrected chi connectivity index (χ0v) is 16.4. The maximum Gasteiger partial charge on any atom is 0.343 e. The van der Waals surface area contributed by atoms with Gasteiger partial charge in [-0.2, -0.15) is 14.9 Å². The molecule has 30 heavy (non-hydrogen) atoms. The van der Waals surface area contributed by atoms with Gasteiger partial charge in [-0.15, -0.1) is 0 Å². The third kappa shape index (κ3) is 3.85. The maximum absolute atomic E-state index is 12.8. The third-order valence-electron chi connectivity index (χ3n) is 4.11. The highest BCUT2D eigenvalue weighted by atomic mass is 16.5. The molecule has 3 aromatic rings. The molecule has 2 heterocycles. The van der Waals surface area contributed by atoms with E-state index in [-0.39, 0.29) is 23.7 Å². The first-order chi connectivity index (χ1) is 14.4. The number of carbonyl (C=O) groups is 2. The number of esters is 1. The number of ether oxygens (including phenoxy) is 2. The lowest BCUT2D eigenvalue weighted by atomic mass is 10.2. The standard InChI is InChI=1S/C19H19N5O6/c1-4-30-19(28)11-10-20-23(2)17(11)21-18(27)16-13(25)9-15(26)24(22-16)12-7-5-6-8-14(12)29-3/h5-10,25H,4H2,1-3H3,(H,21,27). The average Bonchev–Trinajstić information content (AvgIpc) is 3.08. The fraction of sp³-hybridized carbons (Fsp3) is 0.211. The monoisotopic (exact) mass is 413 g/mol. The van der Waals surface area contributed by atoms with Crippen molar-refractivity contribution in [2.75, 3.05) is 19.0 Å². The van der Waals surface area contributed by atoms with Crippen molar-refractivity contribution >= 4 is 17.7 Å². The molecule has 0 radical (unpaired) electrons. The summed E-state index contributed by atoms with van der Waals surface area (Å²) in [6, 6.07) is 7.44. The molecule has 0 aliphatic carbocycles. The Labute approximate surface area is 170 Å². The molecule has 0 fully saturated rings. The summed E-state index contributed by atoms with van der Waals surface area (Å²) in [6.45, 7) is 1.79. The number of anilines is 1. The molecule has 0 aliphatic heterocycles. The summed E-state index contributed by atoms with van der Waals surface area (Å²) in [6.07, 6.45) is 1.25. The summed E-state index contributed by atoms with van der Waals surface area (Å²) in [5.74, 6) is -1.75. The van der Waals surface area contributed by atoms with Gasteiger partial charge in [-0.1, -0.05) is 12.1 Å². The SMILES string of the molecule is CCOC(=O)c1cnn(C)c1NC(=O)c1nn(-c2ccccc2OC)c(=O)cc1O. The van der Waals surface area contributed by atoms with Crippen molar-refractivity contribution in [1.82, 2.24) is 19.6 Å². The average molecular weight is 413 g/mol. The van der Waals surface area contributed by atoms with Gasteiger partial charge in [0.2, 0.25) is 0 Å². The number of aromatic hydroxyl groups is 1. The first kappa shape index (κ1) is 20.6. The van der Waals surface area contributed by atoms with Crippen LogP contribution in [0, 0.1) is 0 Å². The van der Waals surface area contributed by atoms with Gasteiger partial charge in [-0.05, 0) is 19.1 Å². The summed E-state index contributed by atoms with van der Waals surface area (Å²) >= 11 is 0. The first-order valence-corrected chi connectivity index (χ1v) is 8.84. The van der Waals surface area contributed by atoms with Gasteiger partial charge in [0, 0.05) is 13.1 Å². The quantitative estimate of drug-likeness (QED) is 0.573. The summed E-state index contributed by atoms with van der Waals surface area (Å²) in [5, 5.41) is 20.5. The van der Waals surface area contributed by atoms with E-state index in [1.165, 1.54) is 25.0 Å². The number of hydrogen-bond donors (Lipinski definition) is 2. The molecule has 0 unspecified atom stereocenters. The number of methoxy groups -OCH3 is 1. The minimum absolute atomic E-state index is 0.0326. The number of aryl methyl sites for hydroxylation is 1. The second-order valence-electron chi connectivity index (χ2n) is 6.01. The van der Waals surface area contributed by atoms with E-state index in [2.05, 4.69) is 15.5 Å². The summed E-state index contributed by atoms with van der Waals surface area (Å²) < 4.78 is 12.4. The lowest BCUT2D eigenvalue weighted by Crippen LogP contribution is -2.26. The second-order valence-corrected chi connectivity index (χ2v) is 6.01. The van der Waals surface area contributed by atoms with Gasteiger partial charge < -0.3 is 19.9 Å². The van der Waals surface area contributed by atoms with Crippen LogP contribution in [-0.4, -0.2) is 50.3 Å². The van der Waals surface area contributed by atoms with Crippen LogP contribution in [0.3, 0.4) is 0 Å². The van der Waals surface area contributed by atoms with Crippen molar-refractivity contribution in [3.05, 3.63) is 58.1 Å². The molecule has 0 aliphatic rings. The Bertz CT molecular complexity index is 1170. The van der Waals surface area contributed by atoms with Crippen LogP contribution in [0.15, 0.2) is 41.3 Å². The number of benzene rings is 1. The Hall–Kier alpha value is -4.15. The molecular weight excluding hydrogens is 394 g/mol. The largest absolute Gasteiger partial charge is 0.505 e. The van der Waals surface area contributed by atoms with Crippen molar-refractivity contribution in [3.63, 3.8) is 0 Å². The minimum Gasteiger partial charge on any atom is -0.505 e. The molecule has 11 nitrogen and oxygen atoms in total. The lowest BCUT2D eigenvalue weighted by Gasteiger charge is -2.12. The highest BCUT2D eigenvalue weighted by molar-refractivity contribution is 6.07. The topological polar surface area (TPSA) is 138 Å². The predicted octanol–water partition coefficient (Wildman–Crippen LogP) is 1.11. The molecule has 1 amide bonds. The fourth-order valence-electron chi connectivity index (χ4n) is 2.70. The Balaban J connectivity index is 2.02. The number of nitrogens with one attached hydrogen (secondary N) is 1. The van der Waals surface area contributed by atoms with Crippen molar-refractivity contribution in [3.8, 4) is 17.2 Å². The van der Waals surface area contributed by atoms with Gasteiger partial charge >= 0.3 is 5.97 Å². The molecule has 3 rings (SSSR count). The number of aromatic nitrogens is 4. The number of amides is 1. The van der Waals surface area contributed by atoms with Crippen LogP contribution in [0.4, 0.5) is 5.82 Å². The first-order valence-electron chi connectivity index (χ1n) is 8.84. The van der Waals surface area contributed by atoms with Crippen LogP contribution < -0.4 is 15.6 Å². The van der Waals surface area contributed by atoms with Crippen LogP contribution >= 0.6 is 0 Å². The predicted molar refractivity (Wildman–Crippen MR) is 105 cm³/mol. The smallest absolute Gasteiger partial charge is 0.343 e. The molecule has 0 bridgehead atoms. The van der Waals surface area contributed by atoms with Crippen LogP contribution in [0.5, 0.6) is 11.5 Å². The molecule has 2 aromatic heterocycles. The van der Waals surface area contributed by atoms with Gasteiger partial charge in [-0.25, -0.2) is 4.79 Å². The van der Waals surface area contributed by atoms with E-state index in [4.69, 9.17) is 9.47 Å². The van der Waals surface area contributed by atoms with Crippen LogP contribution in [-0.2, 0) is 11.8 Å². The molecular formula is C19H19N5O6. The molecule has 0 saturated carbocycles. The zero-order chi connectivity index (χ0) is 21.8. The summed E-state index contributed by atoms with van der Waals surface area (Å²) in [7, 11) is 2.94. The molecule has 156 valence electrons. The number of carbonyl (C=O) groups excluding carboxylic acids is 2. The van der Waals surface area contributed by atoms with Gasteiger partial charge in [0.05, 0.1) is 19.9 Å². The van der Waals surface area contributed by atoms with Gasteiger partial charge in [0.25, 0.3) is 11.5 Å². The van der Waals surface area contributed by atoms with Gasteiger partial charge in [-0.3, -0.25) is 14.3 Å². The number of hydrogen-bond acceptors (Lipinski definition) is 8. The lowest BCUT2D eigenvalue weighted by molar-refractivity contribution is 0.0527. The van der Waals surface area contributed by atoms with Crippen LogP contribution in [0.2, 0.25) is 0 Å². The maximum atomic E-state index is 12.8. The zero-order valence-electron chi connectivity index (χ0n) is 16.4. The molecule has 1 aromatic carbocycles. The summed E-state index contributed by atoms with van der Waals surface area (Å²) in [4.78, 5) is 37.2. The molecule has 0 saturated heterocycles.